The lowest BCUT2D eigenvalue weighted by atomic mass is 10.3. The number of nitrogens with one attached hydrogen (secondary N) is 2. The molecule has 20 heavy (non-hydrogen) atoms. The first-order chi connectivity index (χ1) is 9.62. The van der Waals surface area contributed by atoms with Crippen LogP contribution < -0.4 is 15.4 Å². The van der Waals surface area contributed by atoms with Gasteiger partial charge in [0.25, 0.3) is 0 Å². The van der Waals surface area contributed by atoms with Gasteiger partial charge in [0.1, 0.15) is 0 Å². The molecule has 0 spiro atoms. The van der Waals surface area contributed by atoms with Crippen LogP contribution >= 0.6 is 23.2 Å². The molecule has 2 N–H and O–H groups in total. The smallest absolute Gasteiger partial charge is 0.323 e. The van der Waals surface area contributed by atoms with Gasteiger partial charge in [-0.05, 0) is 25.1 Å². The van der Waals surface area contributed by atoms with Crippen LogP contribution in [-0.2, 0) is 0 Å². The maximum absolute atomic E-state index is 5.96. The molecule has 0 amide bonds. The fourth-order valence-electron chi connectivity index (χ4n) is 1.42. The van der Waals surface area contributed by atoms with Crippen molar-refractivity contribution in [3.63, 3.8) is 0 Å². The third-order valence-electron chi connectivity index (χ3n) is 2.29. The van der Waals surface area contributed by atoms with E-state index in [1.54, 1.807) is 25.2 Å². The Morgan fingerprint density at radius 2 is 1.85 bits per heavy atom. The van der Waals surface area contributed by atoms with Crippen LogP contribution in [0.4, 0.5) is 17.6 Å². The minimum Gasteiger partial charge on any atom is -0.464 e. The van der Waals surface area contributed by atoms with Crippen LogP contribution in [0.15, 0.2) is 18.2 Å². The molecule has 8 heteroatoms. The average molecular weight is 314 g/mol. The second kappa shape index (κ2) is 6.58. The van der Waals surface area contributed by atoms with Crippen molar-refractivity contribution in [3.8, 4) is 6.01 Å². The normalized spacial score (nSPS) is 10.2. The Bertz CT molecular complexity index is 608. The van der Waals surface area contributed by atoms with Crippen molar-refractivity contribution in [2.75, 3.05) is 24.3 Å². The van der Waals surface area contributed by atoms with E-state index >= 15 is 0 Å². The SMILES string of the molecule is CCOc1nc(NC)nc(Nc2ccc(Cl)c(Cl)c2)n1. The molecule has 2 rings (SSSR count). The van der Waals surface area contributed by atoms with Gasteiger partial charge in [-0.2, -0.15) is 15.0 Å². The Balaban J connectivity index is 2.27. The number of nitrogens with zero attached hydrogens (tertiary/aromatic N) is 3. The zero-order chi connectivity index (χ0) is 14.5. The Kier molecular flexibility index (Phi) is 4.81. The first kappa shape index (κ1) is 14.6. The van der Waals surface area contributed by atoms with Crippen LogP contribution in [0.1, 0.15) is 6.92 Å². The Labute approximate surface area is 126 Å². The Morgan fingerprint density at radius 1 is 1.10 bits per heavy atom. The monoisotopic (exact) mass is 313 g/mol. The van der Waals surface area contributed by atoms with Gasteiger partial charge in [0.05, 0.1) is 16.7 Å². The van der Waals surface area contributed by atoms with E-state index in [9.17, 15) is 0 Å². The third kappa shape index (κ3) is 3.61. The van der Waals surface area contributed by atoms with Gasteiger partial charge in [-0.25, -0.2) is 0 Å². The van der Waals surface area contributed by atoms with Gasteiger partial charge in [0, 0.05) is 12.7 Å². The minimum absolute atomic E-state index is 0.245. The number of ether oxygens (including phenoxy) is 1. The molecule has 6 nitrogen and oxygen atoms in total. The lowest BCUT2D eigenvalue weighted by molar-refractivity contribution is 0.312. The van der Waals surface area contributed by atoms with Crippen LogP contribution in [0.25, 0.3) is 0 Å². The predicted octanol–water partition coefficient (Wildman–Crippen LogP) is 3.36. The molecule has 0 aliphatic carbocycles. The molecule has 0 unspecified atom stereocenters. The molecule has 0 aliphatic heterocycles. The van der Waals surface area contributed by atoms with Crippen molar-refractivity contribution in [3.05, 3.63) is 28.2 Å². The highest BCUT2D eigenvalue weighted by Crippen LogP contribution is 2.26. The average Bonchev–Trinajstić information content (AvgIpc) is 2.43. The van der Waals surface area contributed by atoms with E-state index in [2.05, 4.69) is 25.6 Å². The number of anilines is 3. The van der Waals surface area contributed by atoms with Gasteiger partial charge in [-0.15, -0.1) is 0 Å². The summed E-state index contributed by atoms with van der Waals surface area (Å²) in [5.41, 5.74) is 0.718. The van der Waals surface area contributed by atoms with E-state index in [1.807, 2.05) is 6.92 Å². The zero-order valence-corrected chi connectivity index (χ0v) is 12.5. The van der Waals surface area contributed by atoms with Crippen LogP contribution in [0, 0.1) is 0 Å². The third-order valence-corrected chi connectivity index (χ3v) is 3.03. The van der Waals surface area contributed by atoms with E-state index < -0.39 is 0 Å². The van der Waals surface area contributed by atoms with Crippen LogP contribution in [0.2, 0.25) is 10.0 Å². The van der Waals surface area contributed by atoms with Crippen LogP contribution in [-0.4, -0.2) is 28.6 Å². The van der Waals surface area contributed by atoms with Gasteiger partial charge in [-0.3, -0.25) is 0 Å². The lowest BCUT2D eigenvalue weighted by Gasteiger charge is -2.09. The van der Waals surface area contributed by atoms with E-state index in [0.717, 1.165) is 5.69 Å². The molecule has 106 valence electrons. The van der Waals surface area contributed by atoms with E-state index in [-0.39, 0.29) is 6.01 Å². The maximum atomic E-state index is 5.96. The zero-order valence-electron chi connectivity index (χ0n) is 10.9. The topological polar surface area (TPSA) is 72.0 Å². The van der Waals surface area contributed by atoms with Crippen LogP contribution in [0.3, 0.4) is 0 Å². The molecule has 2 aromatic rings. The Morgan fingerprint density at radius 3 is 2.50 bits per heavy atom. The summed E-state index contributed by atoms with van der Waals surface area (Å²) in [7, 11) is 1.72. The highest BCUT2D eigenvalue weighted by atomic mass is 35.5. The van der Waals surface area contributed by atoms with Gasteiger partial charge in [0.2, 0.25) is 11.9 Å². The van der Waals surface area contributed by atoms with Crippen LogP contribution in [0.5, 0.6) is 6.01 Å². The first-order valence-electron chi connectivity index (χ1n) is 5.91. The van der Waals surface area contributed by atoms with E-state index in [1.165, 1.54) is 0 Å². The van der Waals surface area contributed by atoms with Crippen molar-refractivity contribution in [1.29, 1.82) is 0 Å². The Hall–Kier alpha value is -1.79. The first-order valence-corrected chi connectivity index (χ1v) is 6.66. The summed E-state index contributed by atoms with van der Waals surface area (Å²) in [6.07, 6.45) is 0. The fraction of sp³-hybridized carbons (Fsp3) is 0.250. The van der Waals surface area contributed by atoms with Gasteiger partial charge < -0.3 is 15.4 Å². The molecule has 0 radical (unpaired) electrons. The second-order valence-corrected chi connectivity index (χ2v) is 4.52. The standard InChI is InChI=1S/C12H13Cl2N5O/c1-3-20-12-18-10(15-2)17-11(19-12)16-7-4-5-8(13)9(14)6-7/h4-6H,3H2,1-2H3,(H2,15,16,17,18,19). The number of aromatic nitrogens is 3. The minimum atomic E-state index is 0.245. The molecule has 1 heterocycles. The molecular formula is C12H13Cl2N5O. The quantitative estimate of drug-likeness (QED) is 0.882. The summed E-state index contributed by atoms with van der Waals surface area (Å²) in [5.74, 6) is 0.761. The molecule has 1 aromatic carbocycles. The highest BCUT2D eigenvalue weighted by molar-refractivity contribution is 6.42. The second-order valence-electron chi connectivity index (χ2n) is 3.70. The molecule has 0 saturated heterocycles. The van der Waals surface area contributed by atoms with Crippen molar-refractivity contribution in [2.45, 2.75) is 6.92 Å². The maximum Gasteiger partial charge on any atom is 0.323 e. The molecule has 0 saturated carbocycles. The fourth-order valence-corrected chi connectivity index (χ4v) is 1.72. The van der Waals surface area contributed by atoms with Gasteiger partial charge in [0.15, 0.2) is 0 Å². The number of halogens is 2. The predicted molar refractivity (Wildman–Crippen MR) is 80.3 cm³/mol. The van der Waals surface area contributed by atoms with Gasteiger partial charge >= 0.3 is 6.01 Å². The van der Waals surface area contributed by atoms with Crippen molar-refractivity contribution in [2.24, 2.45) is 0 Å². The molecule has 0 atom stereocenters. The van der Waals surface area contributed by atoms with Gasteiger partial charge in [-0.1, -0.05) is 23.2 Å². The summed E-state index contributed by atoms with van der Waals surface area (Å²) in [5, 5.41) is 6.80. The number of hydrogen-bond acceptors (Lipinski definition) is 6. The van der Waals surface area contributed by atoms with E-state index in [0.29, 0.717) is 28.5 Å². The molecule has 0 bridgehead atoms. The highest BCUT2D eigenvalue weighted by Gasteiger charge is 2.07. The number of hydrogen-bond donors (Lipinski definition) is 2. The summed E-state index contributed by atoms with van der Waals surface area (Å²) >= 11 is 11.8. The molecule has 1 aromatic heterocycles. The van der Waals surface area contributed by atoms with Crippen molar-refractivity contribution in [1.82, 2.24) is 15.0 Å². The number of benzene rings is 1. The summed E-state index contributed by atoms with van der Waals surface area (Å²) in [4.78, 5) is 12.4. The summed E-state index contributed by atoms with van der Waals surface area (Å²) in [6, 6.07) is 5.40. The van der Waals surface area contributed by atoms with Crippen molar-refractivity contribution < 1.29 is 4.74 Å². The largest absolute Gasteiger partial charge is 0.464 e. The molecule has 0 aliphatic rings. The lowest BCUT2D eigenvalue weighted by Crippen LogP contribution is -2.06. The van der Waals surface area contributed by atoms with Crippen molar-refractivity contribution >= 4 is 40.8 Å². The summed E-state index contributed by atoms with van der Waals surface area (Å²) < 4.78 is 5.28. The number of rotatable bonds is 5. The molecule has 0 fully saturated rings. The molecular weight excluding hydrogens is 301 g/mol. The summed E-state index contributed by atoms with van der Waals surface area (Å²) in [6.45, 7) is 2.33. The van der Waals surface area contributed by atoms with E-state index in [4.69, 9.17) is 27.9 Å².